The first-order chi connectivity index (χ1) is 9.81. The summed E-state index contributed by atoms with van der Waals surface area (Å²) in [5.41, 5.74) is -0.197. The molecule has 0 aliphatic heterocycles. The van der Waals surface area contributed by atoms with Gasteiger partial charge in [0.15, 0.2) is 5.00 Å². The van der Waals surface area contributed by atoms with Gasteiger partial charge >= 0.3 is 5.69 Å². The molecule has 120 valence electrons. The van der Waals surface area contributed by atoms with Crippen molar-refractivity contribution in [3.05, 3.63) is 16.2 Å². The van der Waals surface area contributed by atoms with Crippen LogP contribution in [0.4, 0.5) is 10.7 Å². The first-order valence-corrected chi connectivity index (χ1v) is 9.16. The molecule has 0 fully saturated rings. The van der Waals surface area contributed by atoms with Gasteiger partial charge in [-0.1, -0.05) is 31.6 Å². The van der Waals surface area contributed by atoms with Crippen LogP contribution >= 0.6 is 11.3 Å². The monoisotopic (exact) mass is 335 g/mol. The highest BCUT2D eigenvalue weighted by Gasteiger charge is 2.26. The lowest BCUT2D eigenvalue weighted by molar-refractivity contribution is -0.383. The molecule has 1 atom stereocenters. The molecule has 0 radical (unpaired) electrons. The van der Waals surface area contributed by atoms with Gasteiger partial charge < -0.3 is 5.32 Å². The number of sulfonamides is 1. The topological polar surface area (TPSA) is 101 Å². The predicted octanol–water partition coefficient (Wildman–Crippen LogP) is 2.95. The highest BCUT2D eigenvalue weighted by atomic mass is 32.2. The van der Waals surface area contributed by atoms with E-state index in [1.165, 1.54) is 0 Å². The van der Waals surface area contributed by atoms with Crippen LogP contribution in [0.5, 0.6) is 0 Å². The molecule has 21 heavy (non-hydrogen) atoms. The van der Waals surface area contributed by atoms with E-state index in [9.17, 15) is 18.5 Å². The Labute approximate surface area is 129 Å². The van der Waals surface area contributed by atoms with Crippen molar-refractivity contribution in [2.75, 3.05) is 11.9 Å². The van der Waals surface area contributed by atoms with Crippen LogP contribution in [-0.2, 0) is 10.0 Å². The number of nitrogens with zero attached hydrogens (tertiary/aromatic N) is 1. The molecule has 0 saturated carbocycles. The summed E-state index contributed by atoms with van der Waals surface area (Å²) in [4.78, 5) is 10.4. The number of hydrogen-bond donors (Lipinski definition) is 2. The van der Waals surface area contributed by atoms with E-state index in [2.05, 4.69) is 10.0 Å². The summed E-state index contributed by atoms with van der Waals surface area (Å²) in [6.07, 6.45) is 2.37. The first-order valence-electron chi connectivity index (χ1n) is 6.86. The van der Waals surface area contributed by atoms with E-state index in [1.807, 2.05) is 13.8 Å². The van der Waals surface area contributed by atoms with Crippen LogP contribution in [0.25, 0.3) is 0 Å². The molecule has 1 aromatic rings. The molecular weight excluding hydrogens is 314 g/mol. The maximum absolute atomic E-state index is 12.2. The Hall–Kier alpha value is -1.19. The minimum atomic E-state index is -3.72. The van der Waals surface area contributed by atoms with Gasteiger partial charge in [-0.05, 0) is 19.8 Å². The smallest absolute Gasteiger partial charge is 0.304 e. The minimum absolute atomic E-state index is 0.0317. The van der Waals surface area contributed by atoms with E-state index in [-0.39, 0.29) is 20.9 Å². The lowest BCUT2D eigenvalue weighted by atomic mass is 10.2. The first kappa shape index (κ1) is 17.9. The predicted molar refractivity (Wildman–Crippen MR) is 84.4 cm³/mol. The average Bonchev–Trinajstić information content (AvgIpc) is 2.81. The number of rotatable bonds is 9. The largest absolute Gasteiger partial charge is 0.371 e. The lowest BCUT2D eigenvalue weighted by Crippen LogP contribution is -2.31. The van der Waals surface area contributed by atoms with Gasteiger partial charge in [0, 0.05) is 18.7 Å². The molecule has 0 spiro atoms. The standard InChI is InChI=1S/C12H21N3O4S2/c1-4-6-9(3)14-21(18,19)11-8-10(15(16)17)12(20-11)13-7-5-2/h8-9,13-14H,4-7H2,1-3H3. The maximum Gasteiger partial charge on any atom is 0.304 e. The Morgan fingerprint density at radius 3 is 2.57 bits per heavy atom. The van der Waals surface area contributed by atoms with E-state index < -0.39 is 14.9 Å². The number of anilines is 1. The third-order valence-corrected chi connectivity index (χ3v) is 5.91. The Bertz CT molecular complexity index is 583. The second kappa shape index (κ2) is 7.71. The van der Waals surface area contributed by atoms with Crippen LogP contribution in [0.2, 0.25) is 0 Å². The Kier molecular flexibility index (Phi) is 6.56. The van der Waals surface area contributed by atoms with Crippen LogP contribution in [0, 0.1) is 10.1 Å². The van der Waals surface area contributed by atoms with Crippen molar-refractivity contribution in [1.82, 2.24) is 4.72 Å². The molecule has 9 heteroatoms. The summed E-state index contributed by atoms with van der Waals surface area (Å²) < 4.78 is 27.0. The molecule has 0 saturated heterocycles. The van der Waals surface area contributed by atoms with Crippen molar-refractivity contribution in [2.45, 2.75) is 50.3 Å². The van der Waals surface area contributed by atoms with Crippen LogP contribution in [-0.4, -0.2) is 25.9 Å². The lowest BCUT2D eigenvalue weighted by Gasteiger charge is -2.11. The molecular formula is C12H21N3O4S2. The van der Waals surface area contributed by atoms with Gasteiger partial charge in [-0.3, -0.25) is 10.1 Å². The Morgan fingerprint density at radius 1 is 1.38 bits per heavy atom. The van der Waals surface area contributed by atoms with E-state index >= 15 is 0 Å². The molecule has 1 heterocycles. The van der Waals surface area contributed by atoms with E-state index in [4.69, 9.17) is 0 Å². The Balaban J connectivity index is 3.04. The second-order valence-electron chi connectivity index (χ2n) is 4.77. The van der Waals surface area contributed by atoms with E-state index in [0.717, 1.165) is 30.2 Å². The normalized spacial score (nSPS) is 13.1. The third kappa shape index (κ3) is 4.94. The maximum atomic E-state index is 12.2. The van der Waals surface area contributed by atoms with Crippen LogP contribution in [0.1, 0.15) is 40.0 Å². The van der Waals surface area contributed by atoms with Crippen LogP contribution in [0.3, 0.4) is 0 Å². The van der Waals surface area contributed by atoms with Crippen molar-refractivity contribution in [3.8, 4) is 0 Å². The molecule has 0 bridgehead atoms. The third-order valence-electron chi connectivity index (χ3n) is 2.76. The van der Waals surface area contributed by atoms with Crippen molar-refractivity contribution >= 4 is 32.0 Å². The number of thiophene rings is 1. The number of nitro groups is 1. The molecule has 0 amide bonds. The van der Waals surface area contributed by atoms with Crippen LogP contribution in [0.15, 0.2) is 10.3 Å². The fraction of sp³-hybridized carbons (Fsp3) is 0.667. The zero-order chi connectivity index (χ0) is 16.0. The highest BCUT2D eigenvalue weighted by Crippen LogP contribution is 2.37. The van der Waals surface area contributed by atoms with Gasteiger partial charge in [0.05, 0.1) is 4.92 Å². The zero-order valence-electron chi connectivity index (χ0n) is 12.4. The van der Waals surface area contributed by atoms with Crippen molar-refractivity contribution in [2.24, 2.45) is 0 Å². The fourth-order valence-corrected chi connectivity index (χ4v) is 4.46. The van der Waals surface area contributed by atoms with E-state index in [0.29, 0.717) is 13.0 Å². The molecule has 1 aromatic heterocycles. The van der Waals surface area contributed by atoms with Crippen molar-refractivity contribution in [3.63, 3.8) is 0 Å². The molecule has 0 aromatic carbocycles. The number of nitrogens with one attached hydrogen (secondary N) is 2. The molecule has 7 nitrogen and oxygen atoms in total. The molecule has 0 aliphatic rings. The van der Waals surface area contributed by atoms with E-state index in [1.54, 1.807) is 6.92 Å². The molecule has 2 N–H and O–H groups in total. The Morgan fingerprint density at radius 2 is 2.05 bits per heavy atom. The van der Waals surface area contributed by atoms with Gasteiger partial charge in [0.2, 0.25) is 0 Å². The van der Waals surface area contributed by atoms with Crippen molar-refractivity contribution < 1.29 is 13.3 Å². The molecule has 0 aliphatic carbocycles. The van der Waals surface area contributed by atoms with Gasteiger partial charge in [-0.2, -0.15) is 0 Å². The number of hydrogen-bond acceptors (Lipinski definition) is 6. The summed E-state index contributed by atoms with van der Waals surface area (Å²) >= 11 is 0.892. The molecule has 1 rings (SSSR count). The average molecular weight is 335 g/mol. The van der Waals surface area contributed by atoms with Gasteiger partial charge in [0.1, 0.15) is 4.21 Å². The van der Waals surface area contributed by atoms with Gasteiger partial charge in [-0.25, -0.2) is 13.1 Å². The fourth-order valence-electron chi connectivity index (χ4n) is 1.81. The van der Waals surface area contributed by atoms with Gasteiger partial charge in [0.25, 0.3) is 10.0 Å². The van der Waals surface area contributed by atoms with Crippen LogP contribution < -0.4 is 10.0 Å². The van der Waals surface area contributed by atoms with Crippen molar-refractivity contribution in [1.29, 1.82) is 0 Å². The SMILES string of the molecule is CCCNc1sc(S(=O)(=O)NC(C)CCC)cc1[N+](=O)[O-]. The quantitative estimate of drug-likeness (QED) is 0.533. The van der Waals surface area contributed by atoms with Gasteiger partial charge in [-0.15, -0.1) is 0 Å². The summed E-state index contributed by atoms with van der Waals surface area (Å²) in [6.45, 7) is 6.23. The summed E-state index contributed by atoms with van der Waals surface area (Å²) in [5.74, 6) is 0. The summed E-state index contributed by atoms with van der Waals surface area (Å²) in [7, 11) is -3.72. The molecule has 1 unspecified atom stereocenters. The second-order valence-corrected chi connectivity index (χ2v) is 7.77. The zero-order valence-corrected chi connectivity index (χ0v) is 14.0. The minimum Gasteiger partial charge on any atom is -0.371 e. The highest BCUT2D eigenvalue weighted by molar-refractivity contribution is 7.91. The summed E-state index contributed by atoms with van der Waals surface area (Å²) in [5, 5.41) is 14.2. The summed E-state index contributed by atoms with van der Waals surface area (Å²) in [6, 6.07) is 0.914.